The highest BCUT2D eigenvalue weighted by Crippen LogP contribution is 2.19. The molecule has 0 aromatic heterocycles. The van der Waals surface area contributed by atoms with E-state index in [1.54, 1.807) is 43.3 Å². The molecule has 0 N–H and O–H groups in total. The molecular weight excluding hydrogens is 278 g/mol. The van der Waals surface area contributed by atoms with E-state index in [0.717, 1.165) is 0 Å². The average Bonchev–Trinajstić information content (AvgIpc) is 2.55. The molecule has 4 heteroatoms. The maximum Gasteiger partial charge on any atom is 0.323 e. The van der Waals surface area contributed by atoms with Crippen molar-refractivity contribution in [1.82, 2.24) is 4.90 Å². The van der Waals surface area contributed by atoms with Gasteiger partial charge in [-0.2, -0.15) is 0 Å². The third-order valence-corrected chi connectivity index (χ3v) is 3.51. The highest BCUT2D eigenvalue weighted by atomic mass is 16.5. The first-order valence-corrected chi connectivity index (χ1v) is 7.19. The number of ether oxygens (including phenoxy) is 1. The second-order valence-corrected chi connectivity index (χ2v) is 5.02. The van der Waals surface area contributed by atoms with Crippen LogP contribution in [0.5, 0.6) is 0 Å². The molecule has 0 amide bonds. The molecule has 118 valence electrons. The summed E-state index contributed by atoms with van der Waals surface area (Å²) in [7, 11) is 1.33. The van der Waals surface area contributed by atoms with E-state index in [-0.39, 0.29) is 5.78 Å². The van der Waals surface area contributed by atoms with E-state index in [0.29, 0.717) is 18.7 Å². The van der Waals surface area contributed by atoms with Gasteiger partial charge in [0.15, 0.2) is 5.78 Å². The summed E-state index contributed by atoms with van der Waals surface area (Å²) in [5.74, 6) is -1.05. The van der Waals surface area contributed by atoms with Gasteiger partial charge in [0.2, 0.25) is 0 Å². The van der Waals surface area contributed by atoms with Crippen molar-refractivity contribution in [3.63, 3.8) is 0 Å². The summed E-state index contributed by atoms with van der Waals surface area (Å²) in [6.07, 6.45) is 3.39. The summed E-state index contributed by atoms with van der Waals surface area (Å²) in [5, 5.41) is 0. The molecule has 2 atom stereocenters. The first kappa shape index (κ1) is 17.9. The van der Waals surface area contributed by atoms with Gasteiger partial charge in [-0.05, 0) is 0 Å². The Hall–Kier alpha value is -2.20. The number of Topliss-reactive ketones (excluding diaryl/α,β-unsaturated/α-hetero) is 1. The van der Waals surface area contributed by atoms with Crippen LogP contribution in [-0.4, -0.2) is 42.9 Å². The number of nitrogens with zero attached hydrogens (tertiary/aromatic N) is 1. The van der Waals surface area contributed by atoms with Gasteiger partial charge >= 0.3 is 5.97 Å². The average molecular weight is 301 g/mol. The van der Waals surface area contributed by atoms with E-state index in [1.807, 2.05) is 11.0 Å². The summed E-state index contributed by atoms with van der Waals surface area (Å²) in [6, 6.07) is 8.28. The minimum Gasteiger partial charge on any atom is -0.468 e. The Morgan fingerprint density at radius 3 is 2.18 bits per heavy atom. The van der Waals surface area contributed by atoms with Crippen LogP contribution in [0.1, 0.15) is 17.3 Å². The lowest BCUT2D eigenvalue weighted by Crippen LogP contribution is -2.48. The number of esters is 1. The minimum atomic E-state index is -0.672. The first-order valence-electron chi connectivity index (χ1n) is 7.19. The number of hydrogen-bond donors (Lipinski definition) is 0. The Morgan fingerprint density at radius 2 is 1.73 bits per heavy atom. The molecule has 1 aromatic carbocycles. The second kappa shape index (κ2) is 8.95. The van der Waals surface area contributed by atoms with E-state index < -0.39 is 17.9 Å². The minimum absolute atomic E-state index is 0.0888. The lowest BCUT2D eigenvalue weighted by Gasteiger charge is -2.31. The highest BCUT2D eigenvalue weighted by Gasteiger charge is 2.35. The number of methoxy groups -OCH3 is 1. The summed E-state index contributed by atoms with van der Waals surface area (Å²) in [6.45, 7) is 10.1. The van der Waals surface area contributed by atoms with E-state index in [2.05, 4.69) is 13.2 Å². The van der Waals surface area contributed by atoms with Crippen LogP contribution in [0, 0.1) is 5.92 Å². The number of hydrogen-bond acceptors (Lipinski definition) is 4. The van der Waals surface area contributed by atoms with Crippen LogP contribution in [0.4, 0.5) is 0 Å². The van der Waals surface area contributed by atoms with Crippen molar-refractivity contribution in [1.29, 1.82) is 0 Å². The van der Waals surface area contributed by atoms with E-state index in [1.165, 1.54) is 7.11 Å². The van der Waals surface area contributed by atoms with Crippen molar-refractivity contribution >= 4 is 11.8 Å². The predicted molar refractivity (Wildman–Crippen MR) is 87.7 cm³/mol. The molecule has 1 aromatic rings. The van der Waals surface area contributed by atoms with Gasteiger partial charge in [0.1, 0.15) is 6.04 Å². The zero-order chi connectivity index (χ0) is 16.5. The normalized spacial score (nSPS) is 13.2. The van der Waals surface area contributed by atoms with Gasteiger partial charge < -0.3 is 4.74 Å². The van der Waals surface area contributed by atoms with Crippen molar-refractivity contribution < 1.29 is 14.3 Å². The monoisotopic (exact) mass is 301 g/mol. The Bertz CT molecular complexity index is 514. The lowest BCUT2D eigenvalue weighted by atomic mass is 9.91. The summed E-state index contributed by atoms with van der Waals surface area (Å²) in [4.78, 5) is 26.7. The zero-order valence-electron chi connectivity index (χ0n) is 13.2. The Labute approximate surface area is 132 Å². The maximum atomic E-state index is 12.6. The molecule has 0 aliphatic carbocycles. The van der Waals surface area contributed by atoms with Crippen molar-refractivity contribution in [2.75, 3.05) is 20.2 Å². The lowest BCUT2D eigenvalue weighted by molar-refractivity contribution is -0.148. The van der Waals surface area contributed by atoms with Crippen molar-refractivity contribution in [2.45, 2.75) is 13.0 Å². The fourth-order valence-corrected chi connectivity index (χ4v) is 2.43. The zero-order valence-corrected chi connectivity index (χ0v) is 13.2. The summed E-state index contributed by atoms with van der Waals surface area (Å²) < 4.78 is 4.89. The van der Waals surface area contributed by atoms with Gasteiger partial charge in [-0.3, -0.25) is 14.5 Å². The van der Waals surface area contributed by atoms with Gasteiger partial charge in [-0.15, -0.1) is 13.2 Å². The molecule has 0 heterocycles. The molecule has 0 unspecified atom stereocenters. The molecular formula is C18H23NO3. The molecule has 0 bridgehead atoms. The number of benzene rings is 1. The fourth-order valence-electron chi connectivity index (χ4n) is 2.43. The quantitative estimate of drug-likeness (QED) is 0.400. The molecule has 22 heavy (non-hydrogen) atoms. The molecule has 0 spiro atoms. The summed E-state index contributed by atoms with van der Waals surface area (Å²) >= 11 is 0. The molecule has 0 aliphatic heterocycles. The van der Waals surface area contributed by atoms with Crippen molar-refractivity contribution in [2.24, 2.45) is 5.92 Å². The smallest absolute Gasteiger partial charge is 0.323 e. The topological polar surface area (TPSA) is 46.6 Å². The van der Waals surface area contributed by atoms with Gasteiger partial charge in [0, 0.05) is 24.6 Å². The van der Waals surface area contributed by atoms with Crippen LogP contribution in [-0.2, 0) is 9.53 Å². The Balaban J connectivity index is 3.09. The van der Waals surface area contributed by atoms with Crippen LogP contribution in [0.25, 0.3) is 0 Å². The molecule has 0 aliphatic rings. The predicted octanol–water partition coefficient (Wildman–Crippen LogP) is 2.72. The number of carbonyl (C=O) groups is 2. The Morgan fingerprint density at radius 1 is 1.18 bits per heavy atom. The van der Waals surface area contributed by atoms with Gasteiger partial charge in [0.05, 0.1) is 7.11 Å². The van der Waals surface area contributed by atoms with E-state index >= 15 is 0 Å². The fraction of sp³-hybridized carbons (Fsp3) is 0.333. The molecule has 0 saturated carbocycles. The maximum absolute atomic E-state index is 12.6. The number of rotatable bonds is 9. The molecule has 0 radical (unpaired) electrons. The molecule has 0 fully saturated rings. The van der Waals surface area contributed by atoms with Crippen molar-refractivity contribution in [3.05, 3.63) is 61.2 Å². The standard InChI is InChI=1S/C18H23NO3/c1-5-12-19(13-6-2)16(18(21)22-4)14(3)17(20)15-10-8-7-9-11-15/h5-11,14,16H,1-2,12-13H2,3-4H3/t14-,16+/m0/s1. The number of carbonyl (C=O) groups excluding carboxylic acids is 2. The second-order valence-electron chi connectivity index (χ2n) is 5.02. The van der Waals surface area contributed by atoms with Gasteiger partial charge in [0.25, 0.3) is 0 Å². The van der Waals surface area contributed by atoms with Crippen LogP contribution >= 0.6 is 0 Å². The third-order valence-electron chi connectivity index (χ3n) is 3.51. The first-order chi connectivity index (χ1) is 10.6. The van der Waals surface area contributed by atoms with Gasteiger partial charge in [-0.25, -0.2) is 0 Å². The van der Waals surface area contributed by atoms with Crippen LogP contribution < -0.4 is 0 Å². The number of ketones is 1. The molecule has 1 rings (SSSR count). The van der Waals surface area contributed by atoms with Crippen LogP contribution in [0.3, 0.4) is 0 Å². The molecule has 0 saturated heterocycles. The largest absolute Gasteiger partial charge is 0.468 e. The Kier molecular flexibility index (Phi) is 7.26. The van der Waals surface area contributed by atoms with E-state index in [4.69, 9.17) is 4.74 Å². The molecule has 4 nitrogen and oxygen atoms in total. The van der Waals surface area contributed by atoms with Gasteiger partial charge in [-0.1, -0.05) is 49.4 Å². The van der Waals surface area contributed by atoms with Crippen LogP contribution in [0.2, 0.25) is 0 Å². The van der Waals surface area contributed by atoms with E-state index in [9.17, 15) is 9.59 Å². The SMILES string of the molecule is C=CCN(CC=C)[C@@H](C(=O)OC)[C@H](C)C(=O)c1ccccc1. The van der Waals surface area contributed by atoms with Crippen LogP contribution in [0.15, 0.2) is 55.6 Å². The van der Waals surface area contributed by atoms with Crippen molar-refractivity contribution in [3.8, 4) is 0 Å². The summed E-state index contributed by atoms with van der Waals surface area (Å²) in [5.41, 5.74) is 0.584. The highest BCUT2D eigenvalue weighted by molar-refractivity contribution is 6.00. The third kappa shape index (κ3) is 4.40.